The Kier molecular flexibility index (Phi) is 3.63. The van der Waals surface area contributed by atoms with Crippen LogP contribution < -0.4 is 11.3 Å². The summed E-state index contributed by atoms with van der Waals surface area (Å²) in [5.74, 6) is 0.00279. The third-order valence-corrected chi connectivity index (χ3v) is 3.59. The zero-order valence-corrected chi connectivity index (χ0v) is 11.9. The third kappa shape index (κ3) is 2.44. The van der Waals surface area contributed by atoms with Crippen LogP contribution in [0.25, 0.3) is 11.1 Å². The van der Waals surface area contributed by atoms with Crippen LogP contribution in [-0.2, 0) is 5.54 Å². The molecule has 20 heavy (non-hydrogen) atoms. The van der Waals surface area contributed by atoms with Gasteiger partial charge in [-0.15, -0.1) is 0 Å². The molecule has 0 aliphatic carbocycles. The highest BCUT2D eigenvalue weighted by atomic mass is 16.3. The van der Waals surface area contributed by atoms with Crippen LogP contribution in [0.3, 0.4) is 0 Å². The first kappa shape index (κ1) is 14.3. The minimum Gasteiger partial charge on any atom is -0.493 e. The fourth-order valence-corrected chi connectivity index (χ4v) is 2.00. The third-order valence-electron chi connectivity index (χ3n) is 3.59. The summed E-state index contributed by atoms with van der Waals surface area (Å²) >= 11 is 0. The van der Waals surface area contributed by atoms with Crippen molar-refractivity contribution in [1.82, 2.24) is 9.97 Å². The molecule has 0 aliphatic rings. The van der Waals surface area contributed by atoms with E-state index in [4.69, 9.17) is 5.73 Å². The standard InChI is InChI=1S/C15H19N3O2/c1-4-15(3,16)14-17-12(19)11(13(20)18-14)10-8-6-5-7-9(10)2/h5-8H,4,16H2,1-3H3,(H2,17,18,19,20). The Morgan fingerprint density at radius 2 is 2.05 bits per heavy atom. The van der Waals surface area contributed by atoms with Gasteiger partial charge in [-0.3, -0.25) is 4.79 Å². The fraction of sp³-hybridized carbons (Fsp3) is 0.333. The molecule has 0 fully saturated rings. The predicted octanol–water partition coefficient (Wildman–Crippen LogP) is 2.03. The molecule has 5 nitrogen and oxygen atoms in total. The number of hydrogen-bond acceptors (Lipinski definition) is 4. The Morgan fingerprint density at radius 1 is 1.40 bits per heavy atom. The number of hydrogen-bond donors (Lipinski definition) is 3. The molecule has 0 amide bonds. The van der Waals surface area contributed by atoms with Crippen molar-refractivity contribution >= 4 is 0 Å². The zero-order valence-electron chi connectivity index (χ0n) is 11.9. The number of aromatic nitrogens is 2. The molecule has 2 rings (SSSR count). The number of nitrogens with zero attached hydrogens (tertiary/aromatic N) is 1. The molecule has 1 heterocycles. The van der Waals surface area contributed by atoms with Crippen LogP contribution in [0.4, 0.5) is 0 Å². The quantitative estimate of drug-likeness (QED) is 0.798. The minimum atomic E-state index is -0.777. The maximum absolute atomic E-state index is 12.3. The summed E-state index contributed by atoms with van der Waals surface area (Å²) in [7, 11) is 0. The van der Waals surface area contributed by atoms with Gasteiger partial charge in [-0.05, 0) is 31.4 Å². The highest BCUT2D eigenvalue weighted by molar-refractivity contribution is 5.70. The molecule has 1 atom stereocenters. The number of H-pyrrole nitrogens is 1. The lowest BCUT2D eigenvalue weighted by atomic mass is 9.98. The Bertz CT molecular complexity index is 690. The van der Waals surface area contributed by atoms with E-state index in [2.05, 4.69) is 9.97 Å². The van der Waals surface area contributed by atoms with Crippen LogP contribution in [-0.4, -0.2) is 15.1 Å². The van der Waals surface area contributed by atoms with Gasteiger partial charge in [0.2, 0.25) is 5.88 Å². The van der Waals surface area contributed by atoms with Crippen LogP contribution >= 0.6 is 0 Å². The Hall–Kier alpha value is -2.14. The van der Waals surface area contributed by atoms with Gasteiger partial charge in [0, 0.05) is 0 Å². The van der Waals surface area contributed by atoms with E-state index < -0.39 is 5.54 Å². The molecule has 0 bridgehead atoms. The van der Waals surface area contributed by atoms with E-state index in [1.165, 1.54) is 0 Å². The highest BCUT2D eigenvalue weighted by Gasteiger charge is 2.24. The second-order valence-corrected chi connectivity index (χ2v) is 5.20. The maximum atomic E-state index is 12.3. The summed E-state index contributed by atoms with van der Waals surface area (Å²) in [4.78, 5) is 19.0. The van der Waals surface area contributed by atoms with Crippen molar-refractivity contribution in [1.29, 1.82) is 0 Å². The van der Waals surface area contributed by atoms with Crippen LogP contribution in [0.5, 0.6) is 5.88 Å². The zero-order chi connectivity index (χ0) is 14.9. The van der Waals surface area contributed by atoms with Gasteiger partial charge in [-0.25, -0.2) is 0 Å². The average molecular weight is 273 g/mol. The van der Waals surface area contributed by atoms with Gasteiger partial charge in [0.1, 0.15) is 11.4 Å². The number of nitrogens with two attached hydrogens (primary N) is 1. The molecule has 0 saturated heterocycles. The molecule has 0 spiro atoms. The summed E-state index contributed by atoms with van der Waals surface area (Å²) in [5.41, 5.74) is 6.63. The first-order valence-electron chi connectivity index (χ1n) is 6.55. The molecule has 0 saturated carbocycles. The first-order chi connectivity index (χ1) is 9.36. The van der Waals surface area contributed by atoms with Crippen molar-refractivity contribution in [3.8, 4) is 17.0 Å². The lowest BCUT2D eigenvalue weighted by molar-refractivity contribution is 0.410. The molecule has 1 unspecified atom stereocenters. The van der Waals surface area contributed by atoms with Crippen molar-refractivity contribution in [3.63, 3.8) is 0 Å². The van der Waals surface area contributed by atoms with Gasteiger partial charge < -0.3 is 15.8 Å². The van der Waals surface area contributed by atoms with E-state index in [1.807, 2.05) is 32.0 Å². The molecule has 5 heteroatoms. The summed E-state index contributed by atoms with van der Waals surface area (Å²) in [6, 6.07) is 7.35. The Morgan fingerprint density at radius 3 is 2.60 bits per heavy atom. The SMILES string of the molecule is CCC(C)(N)c1nc(O)c(-c2ccccc2C)c(=O)[nH]1. The number of rotatable bonds is 3. The molecule has 1 aromatic carbocycles. The lowest BCUT2D eigenvalue weighted by Crippen LogP contribution is -2.36. The minimum absolute atomic E-state index is 0.179. The normalized spacial score (nSPS) is 14.0. The van der Waals surface area contributed by atoms with Crippen LogP contribution in [0, 0.1) is 6.92 Å². The van der Waals surface area contributed by atoms with E-state index in [-0.39, 0.29) is 17.0 Å². The Balaban J connectivity index is 2.65. The summed E-state index contributed by atoms with van der Waals surface area (Å²) in [6.45, 7) is 5.53. The van der Waals surface area contributed by atoms with E-state index in [0.29, 0.717) is 17.8 Å². The largest absolute Gasteiger partial charge is 0.493 e. The molecule has 0 aliphatic heterocycles. The van der Waals surface area contributed by atoms with E-state index in [9.17, 15) is 9.90 Å². The molecule has 106 valence electrons. The van der Waals surface area contributed by atoms with E-state index in [0.717, 1.165) is 5.56 Å². The van der Waals surface area contributed by atoms with E-state index >= 15 is 0 Å². The monoisotopic (exact) mass is 273 g/mol. The van der Waals surface area contributed by atoms with Gasteiger partial charge in [-0.1, -0.05) is 31.2 Å². The molecule has 4 N–H and O–H groups in total. The first-order valence-corrected chi connectivity index (χ1v) is 6.55. The Labute approximate surface area is 117 Å². The van der Waals surface area contributed by atoms with Gasteiger partial charge in [0.15, 0.2) is 0 Å². The smallest absolute Gasteiger partial charge is 0.262 e. The highest BCUT2D eigenvalue weighted by Crippen LogP contribution is 2.28. The number of aromatic hydroxyl groups is 1. The second kappa shape index (κ2) is 5.09. The molecular weight excluding hydrogens is 254 g/mol. The molecule has 2 aromatic rings. The van der Waals surface area contributed by atoms with Gasteiger partial charge >= 0.3 is 0 Å². The number of nitrogens with one attached hydrogen (secondary N) is 1. The van der Waals surface area contributed by atoms with Crippen molar-refractivity contribution in [2.75, 3.05) is 0 Å². The fourth-order valence-electron chi connectivity index (χ4n) is 2.00. The molecule has 0 radical (unpaired) electrons. The lowest BCUT2D eigenvalue weighted by Gasteiger charge is -2.21. The average Bonchev–Trinajstić information content (AvgIpc) is 2.40. The van der Waals surface area contributed by atoms with Crippen molar-refractivity contribution < 1.29 is 5.11 Å². The van der Waals surface area contributed by atoms with Crippen molar-refractivity contribution in [3.05, 3.63) is 46.0 Å². The summed E-state index contributed by atoms with van der Waals surface area (Å²) < 4.78 is 0. The topological polar surface area (TPSA) is 92.0 Å². The number of benzene rings is 1. The van der Waals surface area contributed by atoms with Crippen LogP contribution in [0.15, 0.2) is 29.1 Å². The predicted molar refractivity (Wildman–Crippen MR) is 78.5 cm³/mol. The summed E-state index contributed by atoms with van der Waals surface area (Å²) in [6.07, 6.45) is 0.596. The second-order valence-electron chi connectivity index (χ2n) is 5.20. The molecular formula is C15H19N3O2. The number of aryl methyl sites for hydroxylation is 1. The van der Waals surface area contributed by atoms with Gasteiger partial charge in [0.05, 0.1) is 5.54 Å². The molecule has 1 aromatic heterocycles. The van der Waals surface area contributed by atoms with Gasteiger partial charge in [0.25, 0.3) is 5.56 Å². The van der Waals surface area contributed by atoms with Crippen molar-refractivity contribution in [2.24, 2.45) is 5.73 Å². The van der Waals surface area contributed by atoms with E-state index in [1.54, 1.807) is 13.0 Å². The van der Waals surface area contributed by atoms with Crippen LogP contribution in [0.2, 0.25) is 0 Å². The van der Waals surface area contributed by atoms with Crippen LogP contribution in [0.1, 0.15) is 31.7 Å². The van der Waals surface area contributed by atoms with Crippen molar-refractivity contribution in [2.45, 2.75) is 32.7 Å². The summed E-state index contributed by atoms with van der Waals surface area (Å²) in [5, 5.41) is 10.1. The maximum Gasteiger partial charge on any atom is 0.262 e. The van der Waals surface area contributed by atoms with Gasteiger partial charge in [-0.2, -0.15) is 4.98 Å². The number of aromatic amines is 1.